The molecule has 44 nitrogen and oxygen atoms in total. The molecule has 139 heavy (non-hydrogen) atoms. The molecular formula is C93H164N12O32S2. The Labute approximate surface area is 827 Å². The number of likely N-dealkylation sites (tertiary alicyclic amines) is 1. The fourth-order valence-corrected chi connectivity index (χ4v) is 15.5. The summed E-state index contributed by atoms with van der Waals surface area (Å²) in [6.45, 7) is 22.1. The summed E-state index contributed by atoms with van der Waals surface area (Å²) in [6.07, 6.45) is -1.97. The van der Waals surface area contributed by atoms with Crippen molar-refractivity contribution in [2.75, 3.05) is 168 Å². The van der Waals surface area contributed by atoms with E-state index in [0.717, 1.165) is 16.3 Å². The standard InChI is InChI=1S/C57H98N8O15.C18H29N3O6S2.C11H21NO7.C7H16O4/c1-16-37(7)50(64(12)55(72)48(35(3)4)62-54(71)49(36(5)6)63(10)11)44(75-13)32-46(68)65-29-21-25-43(65)51(77-15)38(8)52(69)61-42(31-40-23-19-18-20-24-40)53(70)58-27-22-30-78-56(73)39(9)60-45(67)26-28-59-57(74)79-34-47(76-14)80-41(17-2)33-66;1-3-14(12-22)27-17(25-2)13-26-18(24)21-9-7-15(23)19-10-11-28-29-16-6-4-5-8-20-16;1-3-8(6-13)19-10(17-2)7-18-11(16)12-5-4-9(14)15;1-3-6(4-8)11-7(5-9)10-2/h18-20,23-24,35-39,41-44,47-51,66H,16-17,21-22,25-34H2,1-15H3,(H,58,70)(H,59,74)(H,60,67)(H,61,69)(H,62,71);4-6,8,14,17,22H,3,7,9-13H2,1-2H3,(H,19,23)(H,21,24);8,10,13H,3-7H2,1-2H3,(H,12,16)(H,14,15);6-9H,3-5H2,1-2H3/t37-,38+,39?,41?,42-,43-,44+,47?,48-,49-,50-,51+;;;/m0.../s1. The largest absolute Gasteiger partial charge is 0.481 e. The van der Waals surface area contributed by atoms with Gasteiger partial charge in [-0.25, -0.2) is 24.2 Å². The fraction of sp³-hybridized carbons (Fsp3) is 0.753. The quantitative estimate of drug-likeness (QED) is 0.0144. The number of alkyl carbamates (subject to hydrolysis) is 3. The van der Waals surface area contributed by atoms with Gasteiger partial charge in [0, 0.05) is 120 Å². The average Bonchev–Trinajstić information content (AvgIpc) is 1.75. The molecule has 0 aliphatic carbocycles. The second kappa shape index (κ2) is 78.0. The van der Waals surface area contributed by atoms with Gasteiger partial charge in [0.2, 0.25) is 41.4 Å². The molecule has 0 spiro atoms. The van der Waals surface area contributed by atoms with Crippen LogP contribution in [0.4, 0.5) is 14.4 Å². The highest BCUT2D eigenvalue weighted by Gasteiger charge is 2.44. The van der Waals surface area contributed by atoms with E-state index in [9.17, 15) is 62.6 Å². The van der Waals surface area contributed by atoms with Crippen LogP contribution >= 0.6 is 21.6 Å². The SMILES string of the molecule is CCC(CO)OC(CO)OC.CCC(CO)OC(COC(=O)NCCC(=O)NC(C)C(=O)OCCCNC(=O)[C@H](Cc1ccccc1)NC(=O)[C@H](C)[C@@H](OC)[C@@H]1CCCN1C(=O)C[C@@H](OC)[C@H]([C@@H](C)CC)N(C)C(=O)[C@@H](NC(=O)[C@H](C(C)C)N(C)C)C(C)C)OC.CCC(CO)OC(COC(=O)NCCC(=O)NCCSSc1ccccn1)OC.CCC(CO)OC(COC(=O)NCCC(=O)O)OC. The number of methoxy groups -OCH3 is 6. The molecule has 0 bridgehead atoms. The Balaban J connectivity index is 0.00000257. The van der Waals surface area contributed by atoms with Crippen molar-refractivity contribution in [1.82, 2.24) is 62.2 Å². The van der Waals surface area contributed by atoms with Gasteiger partial charge in [0.15, 0.2) is 25.2 Å². The number of hydrogen-bond donors (Lipinski definition) is 14. The van der Waals surface area contributed by atoms with Gasteiger partial charge < -0.3 is 149 Å². The molecule has 3 rings (SSSR count). The maximum Gasteiger partial charge on any atom is 0.407 e. The Morgan fingerprint density at radius 3 is 1.45 bits per heavy atom. The van der Waals surface area contributed by atoms with E-state index in [1.807, 2.05) is 137 Å². The van der Waals surface area contributed by atoms with Gasteiger partial charge in [-0.05, 0) is 112 Å². The molecule has 10 amide bonds. The minimum Gasteiger partial charge on any atom is -0.481 e. The second-order valence-corrected chi connectivity index (χ2v) is 35.6. The molecule has 18 atom stereocenters. The Morgan fingerprint density at radius 1 is 0.518 bits per heavy atom. The van der Waals surface area contributed by atoms with Crippen LogP contribution in [0.2, 0.25) is 0 Å². The van der Waals surface area contributed by atoms with E-state index in [1.165, 1.54) is 49.6 Å². The number of nitrogens with one attached hydrogen (secondary N) is 8. The van der Waals surface area contributed by atoms with E-state index in [0.29, 0.717) is 58.0 Å². The number of likely N-dealkylation sites (N-methyl/N-ethyl adjacent to an activating group) is 2. The number of hydrogen-bond acceptors (Lipinski definition) is 35. The van der Waals surface area contributed by atoms with Crippen molar-refractivity contribution in [3.05, 3.63) is 60.3 Å². The number of pyridine rings is 1. The smallest absolute Gasteiger partial charge is 0.407 e. The predicted molar refractivity (Wildman–Crippen MR) is 518 cm³/mol. The third-order valence-electron chi connectivity index (χ3n) is 21.9. The van der Waals surface area contributed by atoms with Crippen molar-refractivity contribution in [2.24, 2.45) is 23.7 Å². The van der Waals surface area contributed by atoms with E-state index < -0.39 is 134 Å². The molecular weight excluding hydrogens is 1860 g/mol. The maximum atomic E-state index is 14.5. The van der Waals surface area contributed by atoms with E-state index in [4.69, 9.17) is 91.8 Å². The first-order chi connectivity index (χ1) is 66.3. The van der Waals surface area contributed by atoms with Crippen molar-refractivity contribution in [2.45, 2.75) is 270 Å². The average molecular weight is 2030 g/mol. The predicted octanol–water partition coefficient (Wildman–Crippen LogP) is 4.29. The number of esters is 1. The molecule has 46 heteroatoms. The molecule has 0 saturated carbocycles. The lowest BCUT2D eigenvalue weighted by atomic mass is 9.89. The first-order valence-corrected chi connectivity index (χ1v) is 49.5. The molecule has 1 saturated heterocycles. The molecule has 800 valence electrons. The summed E-state index contributed by atoms with van der Waals surface area (Å²) in [4.78, 5) is 162. The Morgan fingerprint density at radius 2 is 1.01 bits per heavy atom. The molecule has 1 fully saturated rings. The van der Waals surface area contributed by atoms with Gasteiger partial charge in [-0.2, -0.15) is 0 Å². The van der Waals surface area contributed by atoms with Crippen LogP contribution in [-0.4, -0.2) is 388 Å². The Hall–Kier alpha value is -8.53. The minimum absolute atomic E-state index is 0.00388. The Kier molecular flexibility index (Phi) is 73.3. The zero-order valence-corrected chi connectivity index (χ0v) is 86.8. The highest BCUT2D eigenvalue weighted by molar-refractivity contribution is 8.76. The van der Waals surface area contributed by atoms with Gasteiger partial charge in [-0.1, -0.05) is 130 Å². The minimum atomic E-state index is -1.01. The van der Waals surface area contributed by atoms with Gasteiger partial charge in [-0.3, -0.25) is 43.3 Å². The highest BCUT2D eigenvalue weighted by Crippen LogP contribution is 2.31. The molecule has 14 N–H and O–H groups in total. The number of carboxylic acids is 1. The number of ether oxygens (including phenoxy) is 14. The number of nitrogens with zero attached hydrogens (tertiary/aromatic N) is 4. The van der Waals surface area contributed by atoms with Crippen LogP contribution < -0.4 is 42.5 Å². The number of aliphatic hydroxyl groups is 5. The van der Waals surface area contributed by atoms with Crippen molar-refractivity contribution in [1.29, 1.82) is 0 Å². The summed E-state index contributed by atoms with van der Waals surface area (Å²) in [7, 11) is 17.2. The van der Waals surface area contributed by atoms with Crippen LogP contribution in [0.1, 0.15) is 166 Å². The first kappa shape index (κ1) is 130. The summed E-state index contributed by atoms with van der Waals surface area (Å²) in [5, 5.41) is 75.3. The van der Waals surface area contributed by atoms with Crippen molar-refractivity contribution in [3.8, 4) is 0 Å². The van der Waals surface area contributed by atoms with Gasteiger partial charge in [0.1, 0.15) is 43.0 Å². The number of aromatic nitrogens is 1. The van der Waals surface area contributed by atoms with E-state index in [1.54, 1.807) is 51.6 Å². The summed E-state index contributed by atoms with van der Waals surface area (Å²) in [5.41, 5.74) is 0.798. The zero-order chi connectivity index (χ0) is 105. The molecule has 2 heterocycles. The second-order valence-electron chi connectivity index (χ2n) is 33.2. The number of aliphatic hydroxyl groups excluding tert-OH is 5. The fourth-order valence-electron chi connectivity index (χ4n) is 13.7. The number of aliphatic carboxylic acids is 1. The number of carbonyl (C=O) groups is 12. The Bertz CT molecular complexity index is 3660. The summed E-state index contributed by atoms with van der Waals surface area (Å²) in [6, 6.07) is 10.6. The monoisotopic (exact) mass is 2030 g/mol. The third-order valence-corrected chi connectivity index (χ3v) is 24.1. The molecule has 2 aromatic rings. The molecule has 1 aliphatic rings. The summed E-state index contributed by atoms with van der Waals surface area (Å²) in [5.74, 6) is -4.43. The van der Waals surface area contributed by atoms with Crippen LogP contribution in [0.3, 0.4) is 0 Å². The van der Waals surface area contributed by atoms with Crippen LogP contribution in [0.5, 0.6) is 0 Å². The van der Waals surface area contributed by atoms with Crippen molar-refractivity contribution < 1.29 is 154 Å². The number of carbonyl (C=O) groups excluding carboxylic acids is 11. The van der Waals surface area contributed by atoms with Crippen LogP contribution in [-0.2, 0) is 116 Å². The van der Waals surface area contributed by atoms with Crippen molar-refractivity contribution in [3.63, 3.8) is 0 Å². The molecule has 1 aromatic carbocycles. The van der Waals surface area contributed by atoms with Gasteiger partial charge >= 0.3 is 30.2 Å². The molecule has 1 aromatic heterocycles. The van der Waals surface area contributed by atoms with Gasteiger partial charge in [-0.15, -0.1) is 0 Å². The topological polar surface area (TPSA) is 574 Å². The molecule has 9 unspecified atom stereocenters. The van der Waals surface area contributed by atoms with Crippen LogP contribution in [0.25, 0.3) is 0 Å². The zero-order valence-electron chi connectivity index (χ0n) is 85.2. The van der Waals surface area contributed by atoms with E-state index >= 15 is 0 Å². The molecule has 0 radical (unpaired) electrons. The molecule has 1 aliphatic heterocycles. The first-order valence-electron chi connectivity index (χ1n) is 47.1. The number of carboxylic acid groups (broad SMARTS) is 1. The van der Waals surface area contributed by atoms with Crippen LogP contribution in [0, 0.1) is 23.7 Å². The number of rotatable bonds is 68. The van der Waals surface area contributed by atoms with Crippen molar-refractivity contribution >= 4 is 93.2 Å². The van der Waals surface area contributed by atoms with Gasteiger partial charge in [0.25, 0.3) is 0 Å². The summed E-state index contributed by atoms with van der Waals surface area (Å²) < 4.78 is 73.5. The third kappa shape index (κ3) is 55.6. The lowest BCUT2D eigenvalue weighted by Gasteiger charge is -2.41. The van der Waals surface area contributed by atoms with Gasteiger partial charge in [0.05, 0.1) is 113 Å². The van der Waals surface area contributed by atoms with Crippen LogP contribution in [0.15, 0.2) is 59.8 Å². The van der Waals surface area contributed by atoms with E-state index in [2.05, 4.69) is 47.5 Å². The normalized spacial score (nSPS) is 16.0. The lowest BCUT2D eigenvalue weighted by molar-refractivity contribution is -0.181. The highest BCUT2D eigenvalue weighted by atomic mass is 33.1. The van der Waals surface area contributed by atoms with E-state index in [-0.39, 0.29) is 184 Å². The maximum absolute atomic E-state index is 14.5. The number of amides is 10. The lowest BCUT2D eigenvalue weighted by Crippen LogP contribution is -2.59. The number of benzene rings is 1. The summed E-state index contributed by atoms with van der Waals surface area (Å²) >= 11 is 0.